The Kier molecular flexibility index (Phi) is 6.98. The summed E-state index contributed by atoms with van der Waals surface area (Å²) in [6.07, 6.45) is 2.45. The number of benzene rings is 1. The van der Waals surface area contributed by atoms with Crippen LogP contribution in [0.1, 0.15) is 37.7 Å². The summed E-state index contributed by atoms with van der Waals surface area (Å²) in [6.45, 7) is 4.37. The molecule has 2 unspecified atom stereocenters. The molecule has 0 radical (unpaired) electrons. The van der Waals surface area contributed by atoms with Gasteiger partial charge in [-0.2, -0.15) is 5.10 Å². The quantitative estimate of drug-likeness (QED) is 0.402. The van der Waals surface area contributed by atoms with E-state index in [0.29, 0.717) is 18.1 Å². The van der Waals surface area contributed by atoms with Crippen LogP contribution in [0.15, 0.2) is 54.7 Å². The summed E-state index contributed by atoms with van der Waals surface area (Å²) in [7, 11) is 1.67. The van der Waals surface area contributed by atoms with Crippen LogP contribution in [-0.2, 0) is 11.3 Å². The molecule has 0 bridgehead atoms. The third-order valence-corrected chi connectivity index (χ3v) is 5.64. The molecule has 0 spiro atoms. The van der Waals surface area contributed by atoms with Crippen molar-refractivity contribution < 1.29 is 14.6 Å². The van der Waals surface area contributed by atoms with Gasteiger partial charge in [0.15, 0.2) is 5.82 Å². The Labute approximate surface area is 193 Å². The number of methoxy groups -OCH3 is 1. The molecule has 4 rings (SSSR count). The predicted octanol–water partition coefficient (Wildman–Crippen LogP) is 3.80. The Morgan fingerprint density at radius 2 is 1.91 bits per heavy atom. The van der Waals surface area contributed by atoms with Crippen molar-refractivity contribution in [2.75, 3.05) is 13.7 Å². The number of nitrogens with two attached hydrogens (primary N) is 1. The van der Waals surface area contributed by atoms with E-state index >= 15 is 0 Å². The summed E-state index contributed by atoms with van der Waals surface area (Å²) in [5.74, 6) is 1.33. The van der Waals surface area contributed by atoms with Gasteiger partial charge in [-0.25, -0.2) is 9.67 Å². The van der Waals surface area contributed by atoms with Crippen molar-refractivity contribution in [1.82, 2.24) is 19.7 Å². The molecule has 0 saturated heterocycles. The maximum Gasteiger partial charge on any atom is 0.154 e. The number of hydrogen-bond donors (Lipinski definition) is 2. The van der Waals surface area contributed by atoms with Crippen molar-refractivity contribution in [3.63, 3.8) is 0 Å². The lowest BCUT2D eigenvalue weighted by Crippen LogP contribution is -2.28. The van der Waals surface area contributed by atoms with E-state index in [1.165, 1.54) is 0 Å². The molecule has 8 heteroatoms. The van der Waals surface area contributed by atoms with Gasteiger partial charge >= 0.3 is 0 Å². The lowest BCUT2D eigenvalue weighted by molar-refractivity contribution is 0.0761. The Morgan fingerprint density at radius 3 is 2.64 bits per heavy atom. The average molecular weight is 448 g/mol. The van der Waals surface area contributed by atoms with Crippen LogP contribution >= 0.6 is 0 Å². The van der Waals surface area contributed by atoms with E-state index in [0.717, 1.165) is 40.0 Å². The van der Waals surface area contributed by atoms with Crippen LogP contribution in [0.4, 0.5) is 0 Å². The summed E-state index contributed by atoms with van der Waals surface area (Å²) in [4.78, 5) is 9.34. The third-order valence-electron chi connectivity index (χ3n) is 5.64. The van der Waals surface area contributed by atoms with Gasteiger partial charge < -0.3 is 20.3 Å². The normalized spacial score (nSPS) is 13.2. The second-order valence-electron chi connectivity index (χ2n) is 7.70. The van der Waals surface area contributed by atoms with Gasteiger partial charge in [0.1, 0.15) is 5.75 Å². The van der Waals surface area contributed by atoms with Gasteiger partial charge in [0.25, 0.3) is 0 Å². The maximum atomic E-state index is 9.49. The molecule has 3 aromatic heterocycles. The molecule has 0 aliphatic rings. The molecule has 2 atom stereocenters. The van der Waals surface area contributed by atoms with E-state index in [4.69, 9.17) is 20.2 Å². The van der Waals surface area contributed by atoms with Crippen LogP contribution in [-0.4, -0.2) is 44.7 Å². The van der Waals surface area contributed by atoms with E-state index in [1.807, 2.05) is 56.3 Å². The first-order chi connectivity index (χ1) is 16.1. The van der Waals surface area contributed by atoms with Gasteiger partial charge in [0, 0.05) is 12.7 Å². The Balaban J connectivity index is 1.84. The van der Waals surface area contributed by atoms with E-state index in [2.05, 4.69) is 10.1 Å². The van der Waals surface area contributed by atoms with E-state index < -0.39 is 0 Å². The van der Waals surface area contributed by atoms with Crippen molar-refractivity contribution >= 4 is 10.9 Å². The first-order valence-corrected chi connectivity index (χ1v) is 11.1. The van der Waals surface area contributed by atoms with Gasteiger partial charge in [-0.3, -0.25) is 4.98 Å². The van der Waals surface area contributed by atoms with Crippen molar-refractivity contribution in [3.8, 4) is 22.8 Å². The van der Waals surface area contributed by atoms with Crippen LogP contribution < -0.4 is 10.5 Å². The molecule has 1 aromatic carbocycles. The van der Waals surface area contributed by atoms with Crippen molar-refractivity contribution in [2.24, 2.45) is 5.73 Å². The van der Waals surface area contributed by atoms with Gasteiger partial charge in [0.05, 0.1) is 59.5 Å². The standard InChI is InChI=1S/C25H29N5O3/c1-4-22(32-3)25(26)20-10-7-9-19(29-20)16-12-21-18(23(13-16)33-5-2)14-27-30(21)24-11-6-8-17(15-31)28-24/h6-14,22,25,31H,4-5,15,26H2,1-3H3. The smallest absolute Gasteiger partial charge is 0.154 e. The summed E-state index contributed by atoms with van der Waals surface area (Å²) < 4.78 is 13.2. The summed E-state index contributed by atoms with van der Waals surface area (Å²) in [6, 6.07) is 15.0. The Bertz CT molecular complexity index is 1240. The van der Waals surface area contributed by atoms with E-state index in [9.17, 15) is 5.11 Å². The molecule has 0 saturated carbocycles. The van der Waals surface area contributed by atoms with Crippen molar-refractivity contribution in [1.29, 1.82) is 0 Å². The molecule has 4 aromatic rings. The molecule has 33 heavy (non-hydrogen) atoms. The van der Waals surface area contributed by atoms with Crippen LogP contribution in [0.5, 0.6) is 5.75 Å². The maximum absolute atomic E-state index is 9.49. The first kappa shape index (κ1) is 22.8. The Hall–Kier alpha value is -3.33. The topological polar surface area (TPSA) is 108 Å². The zero-order valence-electron chi connectivity index (χ0n) is 19.1. The summed E-state index contributed by atoms with van der Waals surface area (Å²) in [5.41, 5.74) is 10.3. The number of aliphatic hydroxyl groups is 1. The minimum atomic E-state index is -0.328. The number of nitrogens with zero attached hydrogens (tertiary/aromatic N) is 4. The lowest BCUT2D eigenvalue weighted by atomic mass is 10.0. The fraction of sp³-hybridized carbons (Fsp3) is 0.320. The Morgan fingerprint density at radius 1 is 1.09 bits per heavy atom. The van der Waals surface area contributed by atoms with Crippen LogP contribution in [0, 0.1) is 0 Å². The minimum Gasteiger partial charge on any atom is -0.493 e. The molecule has 8 nitrogen and oxygen atoms in total. The highest BCUT2D eigenvalue weighted by atomic mass is 16.5. The largest absolute Gasteiger partial charge is 0.493 e. The number of fused-ring (bicyclic) bond motifs is 1. The highest BCUT2D eigenvalue weighted by Gasteiger charge is 2.20. The predicted molar refractivity (Wildman–Crippen MR) is 127 cm³/mol. The molecular formula is C25H29N5O3. The second kappa shape index (κ2) is 10.1. The molecule has 3 N–H and O–H groups in total. The second-order valence-corrected chi connectivity index (χ2v) is 7.70. The molecule has 0 fully saturated rings. The van der Waals surface area contributed by atoms with Gasteiger partial charge in [0.2, 0.25) is 0 Å². The highest BCUT2D eigenvalue weighted by Crippen LogP contribution is 2.33. The SMILES string of the molecule is CCOc1cc(-c2cccc(C(N)C(CC)OC)n2)cc2c1cnn2-c1cccc(CO)n1. The van der Waals surface area contributed by atoms with Gasteiger partial charge in [-0.1, -0.05) is 19.1 Å². The van der Waals surface area contributed by atoms with E-state index in [1.54, 1.807) is 24.1 Å². The number of hydrogen-bond acceptors (Lipinski definition) is 7. The average Bonchev–Trinajstić information content (AvgIpc) is 3.29. The number of aliphatic hydroxyl groups excluding tert-OH is 1. The van der Waals surface area contributed by atoms with Crippen molar-refractivity contribution in [2.45, 2.75) is 39.0 Å². The first-order valence-electron chi connectivity index (χ1n) is 11.1. The van der Waals surface area contributed by atoms with Gasteiger partial charge in [-0.15, -0.1) is 0 Å². The number of aromatic nitrogens is 4. The summed E-state index contributed by atoms with van der Waals surface area (Å²) >= 11 is 0. The monoisotopic (exact) mass is 447 g/mol. The molecule has 0 aliphatic heterocycles. The third kappa shape index (κ3) is 4.59. The minimum absolute atomic E-state index is 0.111. The van der Waals surface area contributed by atoms with E-state index in [-0.39, 0.29) is 18.8 Å². The summed E-state index contributed by atoms with van der Waals surface area (Å²) in [5, 5.41) is 14.9. The van der Waals surface area contributed by atoms with Crippen molar-refractivity contribution in [3.05, 3.63) is 66.1 Å². The molecule has 0 aliphatic carbocycles. The van der Waals surface area contributed by atoms with Crippen LogP contribution in [0.3, 0.4) is 0 Å². The molecular weight excluding hydrogens is 418 g/mol. The lowest BCUT2D eigenvalue weighted by Gasteiger charge is -2.21. The fourth-order valence-corrected chi connectivity index (χ4v) is 3.93. The molecule has 0 amide bonds. The number of pyridine rings is 2. The molecule has 172 valence electrons. The van der Waals surface area contributed by atoms with Crippen LogP contribution in [0.25, 0.3) is 28.0 Å². The van der Waals surface area contributed by atoms with Gasteiger partial charge in [-0.05, 0) is 49.7 Å². The fourth-order valence-electron chi connectivity index (χ4n) is 3.93. The number of rotatable bonds is 9. The molecule has 3 heterocycles. The number of ether oxygens (including phenoxy) is 2. The van der Waals surface area contributed by atoms with Crippen LogP contribution in [0.2, 0.25) is 0 Å². The zero-order chi connectivity index (χ0) is 23.4. The highest BCUT2D eigenvalue weighted by molar-refractivity contribution is 5.90. The zero-order valence-corrected chi connectivity index (χ0v) is 19.1.